The van der Waals surface area contributed by atoms with E-state index in [4.69, 9.17) is 0 Å². The number of nitro groups is 1. The van der Waals surface area contributed by atoms with Gasteiger partial charge in [-0.2, -0.15) is 5.01 Å². The van der Waals surface area contributed by atoms with Crippen LogP contribution in [0, 0.1) is 17.0 Å². The van der Waals surface area contributed by atoms with Crippen molar-refractivity contribution in [2.75, 3.05) is 13.6 Å². The zero-order valence-electron chi connectivity index (χ0n) is 6.43. The Morgan fingerprint density at radius 3 is 2.82 bits per heavy atom. The average molecular weight is 159 g/mol. The lowest BCUT2D eigenvalue weighted by Crippen LogP contribution is -2.11. The van der Waals surface area contributed by atoms with E-state index in [1.54, 1.807) is 7.05 Å². The van der Waals surface area contributed by atoms with Crippen molar-refractivity contribution < 1.29 is 5.03 Å². The quantitative estimate of drug-likeness (QED) is 0.342. The standard InChI is InChI=1S/C5H11N4O2/c1-3-4-5-8(2)6-7-9(10)11/h1,3-5H2,2H3. The second kappa shape index (κ2) is 5.57. The summed E-state index contributed by atoms with van der Waals surface area (Å²) in [5.41, 5.74) is 0. The van der Waals surface area contributed by atoms with Crippen LogP contribution in [-0.4, -0.2) is 23.6 Å². The van der Waals surface area contributed by atoms with Gasteiger partial charge in [-0.3, -0.25) is 0 Å². The van der Waals surface area contributed by atoms with Gasteiger partial charge in [-0.25, -0.2) is 0 Å². The maximum absolute atomic E-state index is 9.68. The van der Waals surface area contributed by atoms with E-state index in [0.717, 1.165) is 12.8 Å². The van der Waals surface area contributed by atoms with Gasteiger partial charge in [0, 0.05) is 7.05 Å². The number of unbranched alkanes of at least 4 members (excludes halogenated alkanes) is 1. The van der Waals surface area contributed by atoms with Crippen molar-refractivity contribution in [3.05, 3.63) is 17.0 Å². The Bertz CT molecular complexity index is 147. The fourth-order valence-electron chi connectivity index (χ4n) is 0.486. The van der Waals surface area contributed by atoms with Crippen LogP contribution in [0.5, 0.6) is 0 Å². The van der Waals surface area contributed by atoms with Crippen LogP contribution in [0.2, 0.25) is 0 Å². The molecule has 63 valence electrons. The van der Waals surface area contributed by atoms with Gasteiger partial charge in [0.05, 0.1) is 11.6 Å². The zero-order chi connectivity index (χ0) is 8.69. The third-order valence-electron chi connectivity index (χ3n) is 0.997. The molecular formula is C5H11N4O2. The van der Waals surface area contributed by atoms with Crippen LogP contribution in [-0.2, 0) is 0 Å². The number of hydrogen-bond donors (Lipinski definition) is 0. The Morgan fingerprint density at radius 1 is 1.73 bits per heavy atom. The lowest BCUT2D eigenvalue weighted by molar-refractivity contribution is -0.496. The zero-order valence-corrected chi connectivity index (χ0v) is 6.43. The van der Waals surface area contributed by atoms with E-state index in [2.05, 4.69) is 17.4 Å². The molecule has 1 radical (unpaired) electrons. The molecule has 0 unspecified atom stereocenters. The molecule has 0 atom stereocenters. The van der Waals surface area contributed by atoms with Gasteiger partial charge in [0.2, 0.25) is 5.22 Å². The average Bonchev–Trinajstić information content (AvgIpc) is 1.97. The summed E-state index contributed by atoms with van der Waals surface area (Å²) in [6.45, 7) is 4.26. The monoisotopic (exact) mass is 159 g/mol. The maximum atomic E-state index is 9.68. The molecule has 0 heterocycles. The molecule has 11 heavy (non-hydrogen) atoms. The Hall–Kier alpha value is -1.20. The lowest BCUT2D eigenvalue weighted by atomic mass is 10.3. The molecule has 0 bridgehead atoms. The van der Waals surface area contributed by atoms with Gasteiger partial charge in [-0.15, -0.1) is 0 Å². The molecule has 0 fully saturated rings. The summed E-state index contributed by atoms with van der Waals surface area (Å²) in [5.74, 6) is 0. The van der Waals surface area contributed by atoms with Gasteiger partial charge < -0.3 is 10.1 Å². The minimum Gasteiger partial charge on any atom is -0.337 e. The number of nitrogens with zero attached hydrogens (tertiary/aromatic N) is 4. The SMILES string of the molecule is [CH2]CCCN(C)N=N[N+](=O)[O-]. The smallest absolute Gasteiger partial charge is 0.207 e. The number of hydrogen-bond acceptors (Lipinski definition) is 3. The molecule has 0 saturated carbocycles. The van der Waals surface area contributed by atoms with Crippen molar-refractivity contribution in [1.82, 2.24) is 5.01 Å². The molecule has 0 aromatic heterocycles. The molecule has 0 spiro atoms. The highest BCUT2D eigenvalue weighted by atomic mass is 16.7. The molecule has 0 aromatic rings. The predicted molar refractivity (Wildman–Crippen MR) is 39.1 cm³/mol. The summed E-state index contributed by atoms with van der Waals surface area (Å²) < 4.78 is 0. The Balaban J connectivity index is 3.50. The Labute approximate surface area is 65.0 Å². The minimum absolute atomic E-state index is 0.640. The highest BCUT2D eigenvalue weighted by Crippen LogP contribution is 1.91. The van der Waals surface area contributed by atoms with Crippen molar-refractivity contribution in [2.45, 2.75) is 12.8 Å². The molecular weight excluding hydrogens is 148 g/mol. The third-order valence-corrected chi connectivity index (χ3v) is 0.997. The van der Waals surface area contributed by atoms with Crippen LogP contribution < -0.4 is 0 Å². The van der Waals surface area contributed by atoms with Crippen molar-refractivity contribution in [3.8, 4) is 0 Å². The van der Waals surface area contributed by atoms with E-state index in [9.17, 15) is 10.1 Å². The first-order chi connectivity index (χ1) is 5.16. The first kappa shape index (κ1) is 9.80. The fraction of sp³-hybridized carbons (Fsp3) is 0.800. The summed E-state index contributed by atoms with van der Waals surface area (Å²) >= 11 is 0. The highest BCUT2D eigenvalue weighted by molar-refractivity contribution is 4.44. The Morgan fingerprint density at radius 2 is 2.36 bits per heavy atom. The summed E-state index contributed by atoms with van der Waals surface area (Å²) in [4.78, 5) is 9.68. The van der Waals surface area contributed by atoms with Crippen LogP contribution in [0.15, 0.2) is 10.4 Å². The van der Waals surface area contributed by atoms with Gasteiger partial charge in [0.25, 0.3) is 0 Å². The second-order valence-corrected chi connectivity index (χ2v) is 2.01. The molecule has 0 aliphatic rings. The molecule has 0 aromatic carbocycles. The van der Waals surface area contributed by atoms with Gasteiger partial charge in [-0.05, 0) is 6.42 Å². The van der Waals surface area contributed by atoms with E-state index < -0.39 is 5.03 Å². The van der Waals surface area contributed by atoms with Gasteiger partial charge in [0.1, 0.15) is 0 Å². The third kappa shape index (κ3) is 6.69. The van der Waals surface area contributed by atoms with E-state index in [1.807, 2.05) is 0 Å². The molecule has 0 aliphatic heterocycles. The summed E-state index contributed by atoms with van der Waals surface area (Å²) in [6.07, 6.45) is 1.64. The summed E-state index contributed by atoms with van der Waals surface area (Å²) in [7, 11) is 1.63. The Kier molecular flexibility index (Phi) is 4.97. The molecule has 6 heteroatoms. The van der Waals surface area contributed by atoms with E-state index in [0.29, 0.717) is 6.54 Å². The summed E-state index contributed by atoms with van der Waals surface area (Å²) in [5, 5.41) is 16.3. The topological polar surface area (TPSA) is 71.1 Å². The van der Waals surface area contributed by atoms with Crippen LogP contribution in [0.4, 0.5) is 0 Å². The molecule has 0 saturated heterocycles. The van der Waals surface area contributed by atoms with E-state index in [1.165, 1.54) is 5.01 Å². The van der Waals surface area contributed by atoms with Crippen LogP contribution >= 0.6 is 0 Å². The number of rotatable bonds is 5. The maximum Gasteiger partial charge on any atom is 0.207 e. The minimum atomic E-state index is -0.833. The molecule has 0 N–H and O–H groups in total. The molecule has 0 amide bonds. The van der Waals surface area contributed by atoms with Gasteiger partial charge >= 0.3 is 0 Å². The van der Waals surface area contributed by atoms with Crippen LogP contribution in [0.1, 0.15) is 12.8 Å². The first-order valence-electron chi connectivity index (χ1n) is 3.23. The van der Waals surface area contributed by atoms with Gasteiger partial charge in [-0.1, -0.05) is 13.3 Å². The predicted octanol–water partition coefficient (Wildman–Crippen LogP) is 1.09. The van der Waals surface area contributed by atoms with Crippen molar-refractivity contribution in [2.24, 2.45) is 10.4 Å². The molecule has 6 nitrogen and oxygen atoms in total. The molecule has 0 rings (SSSR count). The fourth-order valence-corrected chi connectivity index (χ4v) is 0.486. The van der Waals surface area contributed by atoms with Crippen molar-refractivity contribution in [3.63, 3.8) is 0 Å². The molecule has 0 aliphatic carbocycles. The lowest BCUT2D eigenvalue weighted by Gasteiger charge is -2.00. The highest BCUT2D eigenvalue weighted by Gasteiger charge is 1.98. The van der Waals surface area contributed by atoms with Crippen molar-refractivity contribution >= 4 is 0 Å². The van der Waals surface area contributed by atoms with E-state index in [-0.39, 0.29) is 0 Å². The van der Waals surface area contributed by atoms with Crippen molar-refractivity contribution in [1.29, 1.82) is 0 Å². The largest absolute Gasteiger partial charge is 0.337 e. The summed E-state index contributed by atoms with van der Waals surface area (Å²) in [6, 6.07) is 0. The van der Waals surface area contributed by atoms with Crippen LogP contribution in [0.3, 0.4) is 0 Å². The van der Waals surface area contributed by atoms with Gasteiger partial charge in [0.15, 0.2) is 5.22 Å². The second-order valence-electron chi connectivity index (χ2n) is 2.01. The van der Waals surface area contributed by atoms with Crippen LogP contribution in [0.25, 0.3) is 0 Å². The van der Waals surface area contributed by atoms with E-state index >= 15 is 0 Å². The first-order valence-corrected chi connectivity index (χ1v) is 3.23. The normalized spacial score (nSPS) is 10.4.